The van der Waals surface area contributed by atoms with Crippen LogP contribution < -0.4 is 9.47 Å². The van der Waals surface area contributed by atoms with Crippen LogP contribution in [0.3, 0.4) is 0 Å². The van der Waals surface area contributed by atoms with Crippen molar-refractivity contribution in [3.63, 3.8) is 0 Å². The molecule has 0 spiro atoms. The van der Waals surface area contributed by atoms with E-state index < -0.39 is 11.6 Å². The summed E-state index contributed by atoms with van der Waals surface area (Å²) < 4.78 is 16.9. The molecule has 1 atom stereocenters. The summed E-state index contributed by atoms with van der Waals surface area (Å²) in [5, 5.41) is 10.3. The quantitative estimate of drug-likeness (QED) is 0.886. The highest BCUT2D eigenvalue weighted by molar-refractivity contribution is 5.95. The number of aliphatic carboxylic acids is 1. The summed E-state index contributed by atoms with van der Waals surface area (Å²) >= 11 is 0. The van der Waals surface area contributed by atoms with Crippen molar-refractivity contribution in [1.82, 2.24) is 4.98 Å². The van der Waals surface area contributed by atoms with Gasteiger partial charge in [0, 0.05) is 5.39 Å². The maximum Gasteiger partial charge on any atom is 0.306 e. The average Bonchev–Trinajstić information content (AvgIpc) is 2.94. The fourth-order valence-corrected chi connectivity index (χ4v) is 3.50. The van der Waals surface area contributed by atoms with Crippen LogP contribution in [0.15, 0.2) is 12.1 Å². The molecule has 6 nitrogen and oxygen atoms in total. The number of benzene rings is 1. The first kappa shape index (κ1) is 15.7. The molecule has 124 valence electrons. The molecule has 23 heavy (non-hydrogen) atoms. The van der Waals surface area contributed by atoms with Crippen LogP contribution in [0, 0.1) is 0 Å². The molecule has 2 N–H and O–H groups in total. The van der Waals surface area contributed by atoms with E-state index in [9.17, 15) is 9.90 Å². The fraction of sp³-hybridized carbons (Fsp3) is 0.471. The SMILES string of the molecule is CCC1(CC(=O)O)OCCc2c1[nH]c1c(OC)ccc(OC)c21. The van der Waals surface area contributed by atoms with Gasteiger partial charge in [-0.05, 0) is 30.5 Å². The Bertz CT molecular complexity index is 751. The number of ether oxygens (including phenoxy) is 3. The topological polar surface area (TPSA) is 80.8 Å². The van der Waals surface area contributed by atoms with Gasteiger partial charge < -0.3 is 24.3 Å². The lowest BCUT2D eigenvalue weighted by atomic mass is 9.86. The number of carboxylic acids is 1. The lowest BCUT2D eigenvalue weighted by Gasteiger charge is -2.35. The first-order valence-electron chi connectivity index (χ1n) is 7.68. The minimum atomic E-state index is -0.878. The zero-order chi connectivity index (χ0) is 16.6. The smallest absolute Gasteiger partial charge is 0.306 e. The van der Waals surface area contributed by atoms with Crippen molar-refractivity contribution in [1.29, 1.82) is 0 Å². The first-order valence-corrected chi connectivity index (χ1v) is 7.68. The van der Waals surface area contributed by atoms with E-state index in [4.69, 9.17) is 14.2 Å². The molecule has 1 aromatic heterocycles. The Morgan fingerprint density at radius 1 is 1.35 bits per heavy atom. The van der Waals surface area contributed by atoms with E-state index in [1.165, 1.54) is 0 Å². The van der Waals surface area contributed by atoms with Crippen molar-refractivity contribution < 1.29 is 24.1 Å². The molecule has 0 radical (unpaired) electrons. The van der Waals surface area contributed by atoms with Crippen molar-refractivity contribution in [3.8, 4) is 11.5 Å². The maximum absolute atomic E-state index is 11.4. The number of hydrogen-bond acceptors (Lipinski definition) is 4. The second kappa shape index (κ2) is 5.77. The number of nitrogens with one attached hydrogen (secondary N) is 1. The molecule has 0 bridgehead atoms. The van der Waals surface area contributed by atoms with Gasteiger partial charge in [-0.15, -0.1) is 0 Å². The number of carboxylic acid groups (broad SMARTS) is 1. The molecule has 2 aromatic rings. The Kier molecular flexibility index (Phi) is 3.93. The molecule has 0 saturated carbocycles. The van der Waals surface area contributed by atoms with E-state index in [-0.39, 0.29) is 6.42 Å². The van der Waals surface area contributed by atoms with Crippen molar-refractivity contribution in [2.24, 2.45) is 0 Å². The predicted molar refractivity (Wildman–Crippen MR) is 85.3 cm³/mol. The standard InChI is InChI=1S/C17H21NO5/c1-4-17(9-13(19)20)16-10(7-8-23-17)14-11(21-2)5-6-12(22-3)15(14)18-16/h5-6,18H,4,7-9H2,1-3H3,(H,19,20). The number of hydrogen-bond donors (Lipinski definition) is 2. The van der Waals surface area contributed by atoms with Crippen LogP contribution in [0.1, 0.15) is 31.0 Å². The Hall–Kier alpha value is -2.21. The lowest BCUT2D eigenvalue weighted by molar-refractivity contribution is -0.148. The highest BCUT2D eigenvalue weighted by atomic mass is 16.5. The number of H-pyrrole nitrogens is 1. The second-order valence-electron chi connectivity index (χ2n) is 5.72. The van der Waals surface area contributed by atoms with Crippen LogP contribution in [0.5, 0.6) is 11.5 Å². The lowest BCUT2D eigenvalue weighted by Crippen LogP contribution is -2.37. The highest BCUT2D eigenvalue weighted by Crippen LogP contribution is 2.45. The highest BCUT2D eigenvalue weighted by Gasteiger charge is 2.41. The molecule has 0 aliphatic carbocycles. The Labute approximate surface area is 134 Å². The summed E-state index contributed by atoms with van der Waals surface area (Å²) in [6.45, 7) is 2.43. The molecule has 6 heteroatoms. The summed E-state index contributed by atoms with van der Waals surface area (Å²) in [6.07, 6.45) is 1.21. The van der Waals surface area contributed by atoms with Crippen LogP contribution in [0.4, 0.5) is 0 Å². The molecular formula is C17H21NO5. The monoisotopic (exact) mass is 319 g/mol. The van der Waals surface area contributed by atoms with Crippen LogP contribution in [0.25, 0.3) is 10.9 Å². The van der Waals surface area contributed by atoms with Crippen LogP contribution in [-0.4, -0.2) is 36.9 Å². The Morgan fingerprint density at radius 3 is 2.65 bits per heavy atom. The summed E-state index contributed by atoms with van der Waals surface area (Å²) in [5.41, 5.74) is 1.87. The van der Waals surface area contributed by atoms with E-state index >= 15 is 0 Å². The van der Waals surface area contributed by atoms with Gasteiger partial charge in [-0.2, -0.15) is 0 Å². The number of rotatable bonds is 5. The zero-order valence-electron chi connectivity index (χ0n) is 13.6. The van der Waals surface area contributed by atoms with Crippen LogP contribution >= 0.6 is 0 Å². The summed E-state index contributed by atoms with van der Waals surface area (Å²) in [6, 6.07) is 3.71. The van der Waals surface area contributed by atoms with E-state index in [0.29, 0.717) is 25.2 Å². The minimum absolute atomic E-state index is 0.0754. The first-order chi connectivity index (χ1) is 11.1. The Morgan fingerprint density at radius 2 is 2.04 bits per heavy atom. The number of carbonyl (C=O) groups is 1. The minimum Gasteiger partial charge on any atom is -0.496 e. The number of aromatic nitrogens is 1. The molecule has 1 unspecified atom stereocenters. The number of methoxy groups -OCH3 is 2. The van der Waals surface area contributed by atoms with Gasteiger partial charge in [0.25, 0.3) is 0 Å². The van der Waals surface area contributed by atoms with Gasteiger partial charge in [0.05, 0.1) is 38.5 Å². The number of aromatic amines is 1. The average molecular weight is 319 g/mol. The van der Waals surface area contributed by atoms with Gasteiger partial charge in [-0.3, -0.25) is 4.79 Å². The van der Waals surface area contributed by atoms with Gasteiger partial charge in [0.1, 0.15) is 17.1 Å². The molecule has 0 fully saturated rings. The maximum atomic E-state index is 11.4. The van der Waals surface area contributed by atoms with Crippen molar-refractivity contribution in [2.45, 2.75) is 31.8 Å². The largest absolute Gasteiger partial charge is 0.496 e. The molecular weight excluding hydrogens is 298 g/mol. The molecule has 1 aliphatic rings. The van der Waals surface area contributed by atoms with Crippen LogP contribution in [0.2, 0.25) is 0 Å². The van der Waals surface area contributed by atoms with Crippen LogP contribution in [-0.2, 0) is 21.6 Å². The molecule has 3 rings (SSSR count). The van der Waals surface area contributed by atoms with E-state index in [1.807, 2.05) is 19.1 Å². The third-order valence-electron chi connectivity index (χ3n) is 4.62. The third-order valence-corrected chi connectivity index (χ3v) is 4.62. The number of fused-ring (bicyclic) bond motifs is 3. The van der Waals surface area contributed by atoms with Crippen molar-refractivity contribution in [3.05, 3.63) is 23.4 Å². The van der Waals surface area contributed by atoms with Gasteiger partial charge in [-0.25, -0.2) is 0 Å². The zero-order valence-corrected chi connectivity index (χ0v) is 13.6. The van der Waals surface area contributed by atoms with Gasteiger partial charge in [0.15, 0.2) is 0 Å². The van der Waals surface area contributed by atoms with E-state index in [1.54, 1.807) is 14.2 Å². The van der Waals surface area contributed by atoms with Crippen molar-refractivity contribution in [2.75, 3.05) is 20.8 Å². The van der Waals surface area contributed by atoms with Crippen molar-refractivity contribution >= 4 is 16.9 Å². The van der Waals surface area contributed by atoms with Gasteiger partial charge >= 0.3 is 5.97 Å². The predicted octanol–water partition coefficient (Wildman–Crippen LogP) is 2.84. The molecule has 1 aromatic carbocycles. The third kappa shape index (κ3) is 2.34. The summed E-state index contributed by atoms with van der Waals surface area (Å²) in [7, 11) is 3.24. The van der Waals surface area contributed by atoms with E-state index in [2.05, 4.69) is 4.98 Å². The normalized spacial score (nSPS) is 20.3. The van der Waals surface area contributed by atoms with Gasteiger partial charge in [0.2, 0.25) is 0 Å². The van der Waals surface area contributed by atoms with E-state index in [0.717, 1.165) is 27.9 Å². The Balaban J connectivity index is 2.30. The molecule has 1 aliphatic heterocycles. The molecule has 0 saturated heterocycles. The molecule has 2 heterocycles. The summed E-state index contributed by atoms with van der Waals surface area (Å²) in [5.74, 6) is 0.577. The van der Waals surface area contributed by atoms with Gasteiger partial charge in [-0.1, -0.05) is 6.92 Å². The second-order valence-corrected chi connectivity index (χ2v) is 5.72. The fourth-order valence-electron chi connectivity index (χ4n) is 3.50. The summed E-state index contributed by atoms with van der Waals surface area (Å²) in [4.78, 5) is 14.7. The molecule has 0 amide bonds.